The highest BCUT2D eigenvalue weighted by molar-refractivity contribution is 6.32. The molecule has 2 fully saturated rings. The molecular weight excluding hydrogens is 734 g/mol. The predicted octanol–water partition coefficient (Wildman–Crippen LogP) is 8.90. The lowest BCUT2D eigenvalue weighted by Crippen LogP contribution is -2.21. The average Bonchev–Trinajstić information content (AvgIpc) is 3.90. The number of β-amino-alcohol motifs (C(OH)–C–C–N with tert-alkyl or cyclic N) is 1. The highest BCUT2D eigenvalue weighted by atomic mass is 35.5. The van der Waals surface area contributed by atoms with Crippen LogP contribution in [0.3, 0.4) is 0 Å². The highest BCUT2D eigenvalue weighted by Gasteiger charge is 2.21. The van der Waals surface area contributed by atoms with Crippen molar-refractivity contribution in [2.45, 2.75) is 65.5 Å². The Morgan fingerprint density at radius 3 is 2.44 bits per heavy atom. The minimum atomic E-state index is -0.246. The van der Waals surface area contributed by atoms with E-state index < -0.39 is 0 Å². The van der Waals surface area contributed by atoms with Gasteiger partial charge in [-0.15, -0.1) is 0 Å². The fraction of sp³-hybridized carbons (Fsp3) is 0.304. The van der Waals surface area contributed by atoms with Crippen molar-refractivity contribution in [3.8, 4) is 28.7 Å². The van der Waals surface area contributed by atoms with E-state index in [4.69, 9.17) is 26.1 Å². The molecule has 0 amide bonds. The van der Waals surface area contributed by atoms with Crippen LogP contribution in [0.25, 0.3) is 22.0 Å². The molecule has 6 aromatic rings. The van der Waals surface area contributed by atoms with E-state index in [9.17, 15) is 10.4 Å². The van der Waals surface area contributed by atoms with Gasteiger partial charge in [0.15, 0.2) is 5.82 Å². The number of nitriles is 1. The van der Waals surface area contributed by atoms with E-state index in [0.717, 1.165) is 100 Å². The Bertz CT molecular complexity index is 2450. The van der Waals surface area contributed by atoms with Gasteiger partial charge in [-0.3, -0.25) is 19.8 Å². The van der Waals surface area contributed by atoms with Crippen LogP contribution in [0, 0.1) is 25.2 Å². The third-order valence-electron chi connectivity index (χ3n) is 11.0. The summed E-state index contributed by atoms with van der Waals surface area (Å²) in [6, 6.07) is 24.5. The van der Waals surface area contributed by atoms with Crippen molar-refractivity contribution in [3.63, 3.8) is 0 Å². The fourth-order valence-electron chi connectivity index (χ4n) is 7.89. The number of hydrogen-bond acceptors (Lipinski definition) is 10. The predicted molar refractivity (Wildman–Crippen MR) is 224 cm³/mol. The maximum atomic E-state index is 9.95. The molecule has 0 saturated carbocycles. The number of pyridine rings is 3. The number of likely N-dealkylation sites (tertiary alicyclic amines) is 2. The van der Waals surface area contributed by atoms with Gasteiger partial charge in [0, 0.05) is 79.2 Å². The molecule has 0 aliphatic carbocycles. The molecule has 10 nitrogen and oxygen atoms in total. The fourth-order valence-corrected chi connectivity index (χ4v) is 8.13. The van der Waals surface area contributed by atoms with E-state index in [-0.39, 0.29) is 12.7 Å². The van der Waals surface area contributed by atoms with Gasteiger partial charge in [-0.2, -0.15) is 5.26 Å². The normalized spacial score (nSPS) is 15.9. The number of aromatic nitrogens is 3. The number of aliphatic hydroxyl groups excluding tert-OH is 1. The second-order valence-corrected chi connectivity index (χ2v) is 15.5. The Labute approximate surface area is 338 Å². The Morgan fingerprint density at radius 2 is 1.63 bits per heavy atom. The van der Waals surface area contributed by atoms with Gasteiger partial charge in [-0.25, -0.2) is 4.98 Å². The number of nitrogens with one attached hydrogen (secondary N) is 1. The van der Waals surface area contributed by atoms with Gasteiger partial charge in [0.2, 0.25) is 0 Å². The van der Waals surface area contributed by atoms with Crippen LogP contribution in [0.1, 0.15) is 58.2 Å². The van der Waals surface area contributed by atoms with Gasteiger partial charge in [0.25, 0.3) is 0 Å². The number of aliphatic hydroxyl groups is 1. The van der Waals surface area contributed by atoms with E-state index in [0.29, 0.717) is 41.1 Å². The molecule has 3 aromatic carbocycles. The third-order valence-corrected chi connectivity index (χ3v) is 11.3. The van der Waals surface area contributed by atoms with Crippen LogP contribution < -0.4 is 14.8 Å². The van der Waals surface area contributed by atoms with Crippen molar-refractivity contribution in [2.75, 3.05) is 31.5 Å². The third kappa shape index (κ3) is 8.88. The van der Waals surface area contributed by atoms with Crippen molar-refractivity contribution in [3.05, 3.63) is 135 Å². The van der Waals surface area contributed by atoms with Crippen molar-refractivity contribution < 1.29 is 14.6 Å². The quantitative estimate of drug-likeness (QED) is 0.118. The second-order valence-electron chi connectivity index (χ2n) is 15.1. The number of anilines is 2. The van der Waals surface area contributed by atoms with Gasteiger partial charge in [-0.05, 0) is 110 Å². The van der Waals surface area contributed by atoms with Crippen molar-refractivity contribution in [1.82, 2.24) is 24.8 Å². The molecule has 57 heavy (non-hydrogen) atoms. The summed E-state index contributed by atoms with van der Waals surface area (Å²) in [5.74, 6) is 1.95. The molecule has 5 heterocycles. The Morgan fingerprint density at radius 1 is 0.825 bits per heavy atom. The number of fused-ring (bicyclic) bond motifs is 1. The summed E-state index contributed by atoms with van der Waals surface area (Å²) in [5, 5.41) is 24.4. The lowest BCUT2D eigenvalue weighted by atomic mass is 9.93. The summed E-state index contributed by atoms with van der Waals surface area (Å²) in [5.41, 5.74) is 10.7. The summed E-state index contributed by atoms with van der Waals surface area (Å²) in [4.78, 5) is 18.4. The molecule has 290 valence electrons. The molecule has 2 N–H and O–H groups in total. The number of hydrogen-bond donors (Lipinski definition) is 2. The molecule has 1 atom stereocenters. The molecule has 2 aliphatic rings. The summed E-state index contributed by atoms with van der Waals surface area (Å²) in [6.45, 7) is 10.0. The van der Waals surface area contributed by atoms with E-state index in [1.807, 2.05) is 30.6 Å². The lowest BCUT2D eigenvalue weighted by molar-refractivity contribution is 0.175. The first-order valence-corrected chi connectivity index (χ1v) is 19.9. The molecule has 11 heteroatoms. The van der Waals surface area contributed by atoms with Crippen LogP contribution in [-0.2, 0) is 26.3 Å². The second kappa shape index (κ2) is 17.3. The zero-order chi connectivity index (χ0) is 39.3. The number of halogens is 1. The summed E-state index contributed by atoms with van der Waals surface area (Å²) in [7, 11) is 0. The molecule has 2 aliphatic heterocycles. The topological polar surface area (TPSA) is 120 Å². The molecule has 8 rings (SSSR count). The van der Waals surface area contributed by atoms with E-state index in [1.165, 1.54) is 12.8 Å². The van der Waals surface area contributed by atoms with Crippen LogP contribution in [0.2, 0.25) is 5.02 Å². The maximum Gasteiger partial charge on any atom is 0.156 e. The highest BCUT2D eigenvalue weighted by Crippen LogP contribution is 2.37. The Hall–Kier alpha value is -5.57. The van der Waals surface area contributed by atoms with Crippen molar-refractivity contribution in [2.24, 2.45) is 0 Å². The minimum Gasteiger partial charge on any atom is -0.488 e. The van der Waals surface area contributed by atoms with Gasteiger partial charge >= 0.3 is 0 Å². The first-order chi connectivity index (χ1) is 27.8. The van der Waals surface area contributed by atoms with Crippen molar-refractivity contribution in [1.29, 1.82) is 5.26 Å². The summed E-state index contributed by atoms with van der Waals surface area (Å²) < 4.78 is 12.8. The molecular formula is C46H46ClN7O3. The van der Waals surface area contributed by atoms with Crippen LogP contribution >= 0.6 is 11.6 Å². The molecule has 3 aromatic heterocycles. The summed E-state index contributed by atoms with van der Waals surface area (Å²) >= 11 is 6.89. The first-order valence-electron chi connectivity index (χ1n) is 19.5. The lowest BCUT2D eigenvalue weighted by Gasteiger charge is -2.20. The number of ether oxygens (including phenoxy) is 2. The minimum absolute atomic E-state index is 0.246. The van der Waals surface area contributed by atoms with Crippen LogP contribution in [0.4, 0.5) is 11.5 Å². The van der Waals surface area contributed by atoms with Crippen molar-refractivity contribution >= 4 is 34.0 Å². The Kier molecular flexibility index (Phi) is 11.6. The average molecular weight is 780 g/mol. The molecule has 0 unspecified atom stereocenters. The zero-order valence-electron chi connectivity index (χ0n) is 32.3. The molecule has 2 saturated heterocycles. The smallest absolute Gasteiger partial charge is 0.156 e. The molecule has 0 spiro atoms. The molecule has 0 radical (unpaired) electrons. The van der Waals surface area contributed by atoms with Gasteiger partial charge in [0.05, 0.1) is 16.7 Å². The molecule has 0 bridgehead atoms. The van der Waals surface area contributed by atoms with Crippen LogP contribution in [0.5, 0.6) is 11.5 Å². The number of benzene rings is 3. The summed E-state index contributed by atoms with van der Waals surface area (Å²) in [6.07, 6.45) is 9.93. The van der Waals surface area contributed by atoms with E-state index >= 15 is 0 Å². The standard InChI is InChI=1S/C46H46ClN7O3/c1-30-36(29-57-44-20-43(56-28-34-17-32(21-48)22-49-23-34)37(19-41(44)47)26-53-14-3-4-15-53)7-5-8-39(30)40-9-6-10-42(31(40)2)52-46-45-35(11-13-50-46)18-33(24-51-45)25-54-16-12-38(55)27-54/h5-11,13,17-20,22-24,38,55H,3-4,12,14-16,25-29H2,1-2H3,(H,50,52)/t38-/m1/s1. The Balaban J connectivity index is 1.00. The number of nitrogens with zero attached hydrogens (tertiary/aromatic N) is 6. The van der Waals surface area contributed by atoms with Crippen LogP contribution in [0.15, 0.2) is 91.5 Å². The largest absolute Gasteiger partial charge is 0.488 e. The van der Waals surface area contributed by atoms with E-state index in [1.54, 1.807) is 18.5 Å². The first kappa shape index (κ1) is 38.3. The maximum absolute atomic E-state index is 9.95. The van der Waals surface area contributed by atoms with Gasteiger partial charge in [0.1, 0.15) is 36.3 Å². The van der Waals surface area contributed by atoms with Gasteiger partial charge in [-0.1, -0.05) is 41.9 Å². The van der Waals surface area contributed by atoms with Crippen LogP contribution in [-0.4, -0.2) is 62.1 Å². The SMILES string of the molecule is Cc1c(COc2cc(OCc3cncc(C#N)c3)c(CN3CCCC3)cc2Cl)cccc1-c1cccc(Nc2nccc3cc(CN4CC[C@@H](O)C4)cnc23)c1C. The number of rotatable bonds is 13. The monoisotopic (exact) mass is 779 g/mol. The zero-order valence-corrected chi connectivity index (χ0v) is 33.1. The van der Waals surface area contributed by atoms with Gasteiger partial charge < -0.3 is 19.9 Å². The van der Waals surface area contributed by atoms with E-state index in [2.05, 4.69) is 87.5 Å².